The van der Waals surface area contributed by atoms with E-state index in [0.29, 0.717) is 11.8 Å². The van der Waals surface area contributed by atoms with Gasteiger partial charge in [-0.3, -0.25) is 4.98 Å². The van der Waals surface area contributed by atoms with E-state index >= 15 is 0 Å². The smallest absolute Gasteiger partial charge is 0.237 e. The Balaban J connectivity index is 1.77. The summed E-state index contributed by atoms with van der Waals surface area (Å²) in [7, 11) is 3.71. The van der Waals surface area contributed by atoms with Crippen LogP contribution >= 0.6 is 0 Å². The third-order valence-electron chi connectivity index (χ3n) is 5.54. The van der Waals surface area contributed by atoms with Crippen LogP contribution in [0.5, 0.6) is 5.88 Å². The van der Waals surface area contributed by atoms with E-state index in [4.69, 9.17) is 4.74 Å². The molecule has 0 aliphatic heterocycles. The number of fused-ring (bicyclic) bond motifs is 1. The van der Waals surface area contributed by atoms with Crippen molar-refractivity contribution in [3.05, 3.63) is 18.1 Å². The molecule has 1 aromatic rings. The average Bonchev–Trinajstić information content (AvgIpc) is 2.56. The first-order valence-electron chi connectivity index (χ1n) is 8.35. The third kappa shape index (κ3) is 3.05. The lowest BCUT2D eigenvalue weighted by molar-refractivity contribution is 0.109. The van der Waals surface area contributed by atoms with Crippen molar-refractivity contribution in [1.29, 1.82) is 0 Å². The summed E-state index contributed by atoms with van der Waals surface area (Å²) in [6, 6.07) is 0.261. The van der Waals surface area contributed by atoms with E-state index in [9.17, 15) is 0 Å². The molecule has 1 N–H and O–H groups in total. The maximum absolute atomic E-state index is 5.41. The quantitative estimate of drug-likeness (QED) is 0.923. The highest BCUT2D eigenvalue weighted by Gasteiger charge is 2.36. The van der Waals surface area contributed by atoms with Gasteiger partial charge in [0, 0.05) is 12.4 Å². The zero-order valence-electron chi connectivity index (χ0n) is 13.2. The molecule has 0 bridgehead atoms. The Labute approximate surface area is 127 Å². The molecule has 1 aromatic heterocycles. The standard InChI is InChI=1S/C17H27N3O/c1-18-15(16-17(21-2)20-10-9-19-16)14-8-7-12-5-3-4-6-13(12)11-14/h9-10,12-15,18H,3-8,11H2,1-2H3. The van der Waals surface area contributed by atoms with Crippen LogP contribution in [0.25, 0.3) is 0 Å². The lowest BCUT2D eigenvalue weighted by Gasteiger charge is -2.41. The molecule has 0 aromatic carbocycles. The van der Waals surface area contributed by atoms with Gasteiger partial charge in [-0.2, -0.15) is 0 Å². The summed E-state index contributed by atoms with van der Waals surface area (Å²) in [4.78, 5) is 8.87. The first-order valence-corrected chi connectivity index (χ1v) is 8.35. The number of hydrogen-bond donors (Lipinski definition) is 1. The zero-order valence-corrected chi connectivity index (χ0v) is 13.2. The Bertz CT molecular complexity index is 465. The molecule has 0 saturated heterocycles. The molecule has 2 aliphatic carbocycles. The number of hydrogen-bond acceptors (Lipinski definition) is 4. The lowest BCUT2D eigenvalue weighted by atomic mass is 9.66. The first-order chi connectivity index (χ1) is 10.3. The van der Waals surface area contributed by atoms with Crippen molar-refractivity contribution in [2.24, 2.45) is 17.8 Å². The summed E-state index contributed by atoms with van der Waals surface area (Å²) in [6.07, 6.45) is 13.2. The van der Waals surface area contributed by atoms with Crippen molar-refractivity contribution in [3.63, 3.8) is 0 Å². The van der Waals surface area contributed by atoms with Crippen LogP contribution in [0.2, 0.25) is 0 Å². The predicted octanol–water partition coefficient (Wildman–Crippen LogP) is 3.35. The summed E-state index contributed by atoms with van der Waals surface area (Å²) in [6.45, 7) is 0. The van der Waals surface area contributed by atoms with Gasteiger partial charge in [0.1, 0.15) is 5.69 Å². The molecule has 0 radical (unpaired) electrons. The number of nitrogens with one attached hydrogen (secondary N) is 1. The Morgan fingerprint density at radius 2 is 1.86 bits per heavy atom. The second-order valence-electron chi connectivity index (χ2n) is 6.59. The summed E-state index contributed by atoms with van der Waals surface area (Å²) in [5.74, 6) is 3.23. The highest BCUT2D eigenvalue weighted by Crippen LogP contribution is 2.46. The van der Waals surface area contributed by atoms with Gasteiger partial charge in [0.05, 0.1) is 13.2 Å². The van der Waals surface area contributed by atoms with Crippen molar-refractivity contribution in [2.45, 2.75) is 51.0 Å². The van der Waals surface area contributed by atoms with Crippen LogP contribution in [0.3, 0.4) is 0 Å². The fourth-order valence-electron chi connectivity index (χ4n) is 4.51. The molecule has 4 heteroatoms. The predicted molar refractivity (Wildman–Crippen MR) is 83.2 cm³/mol. The van der Waals surface area contributed by atoms with Gasteiger partial charge >= 0.3 is 0 Å². The van der Waals surface area contributed by atoms with Gasteiger partial charge < -0.3 is 10.1 Å². The minimum absolute atomic E-state index is 0.261. The molecule has 1 heterocycles. The Hall–Kier alpha value is -1.16. The highest BCUT2D eigenvalue weighted by molar-refractivity contribution is 5.22. The third-order valence-corrected chi connectivity index (χ3v) is 5.54. The molecule has 116 valence electrons. The lowest BCUT2D eigenvalue weighted by Crippen LogP contribution is -2.35. The van der Waals surface area contributed by atoms with E-state index in [1.54, 1.807) is 19.5 Å². The Kier molecular flexibility index (Phi) is 4.73. The number of ether oxygens (including phenoxy) is 1. The number of rotatable bonds is 4. The van der Waals surface area contributed by atoms with Crippen LogP contribution in [0.15, 0.2) is 12.4 Å². The normalized spacial score (nSPS) is 30.5. The SMILES string of the molecule is CNC(c1nccnc1OC)C1CCC2CCCCC2C1. The fraction of sp³-hybridized carbons (Fsp3) is 0.765. The Morgan fingerprint density at radius 1 is 1.10 bits per heavy atom. The van der Waals surface area contributed by atoms with Crippen molar-refractivity contribution in [2.75, 3.05) is 14.2 Å². The van der Waals surface area contributed by atoms with E-state index in [2.05, 4.69) is 15.3 Å². The van der Waals surface area contributed by atoms with Gasteiger partial charge in [0.25, 0.3) is 0 Å². The largest absolute Gasteiger partial charge is 0.480 e. The molecule has 3 rings (SSSR count). The van der Waals surface area contributed by atoms with Crippen LogP contribution in [-0.2, 0) is 0 Å². The van der Waals surface area contributed by atoms with Gasteiger partial charge in [-0.15, -0.1) is 0 Å². The number of aromatic nitrogens is 2. The van der Waals surface area contributed by atoms with Gasteiger partial charge in [-0.05, 0) is 44.1 Å². The fourth-order valence-corrected chi connectivity index (χ4v) is 4.51. The van der Waals surface area contributed by atoms with Gasteiger partial charge in [-0.25, -0.2) is 4.98 Å². The van der Waals surface area contributed by atoms with Crippen LogP contribution in [0.1, 0.15) is 56.7 Å². The zero-order chi connectivity index (χ0) is 14.7. The van der Waals surface area contributed by atoms with Crippen molar-refractivity contribution in [3.8, 4) is 5.88 Å². The van der Waals surface area contributed by atoms with E-state index in [0.717, 1.165) is 17.5 Å². The van der Waals surface area contributed by atoms with Gasteiger partial charge in [0.2, 0.25) is 5.88 Å². The van der Waals surface area contributed by atoms with Crippen LogP contribution in [0.4, 0.5) is 0 Å². The van der Waals surface area contributed by atoms with Crippen molar-refractivity contribution >= 4 is 0 Å². The summed E-state index contributed by atoms with van der Waals surface area (Å²) < 4.78 is 5.41. The molecule has 0 spiro atoms. The van der Waals surface area contributed by atoms with E-state index in [1.165, 1.54) is 44.9 Å². The summed E-state index contributed by atoms with van der Waals surface area (Å²) >= 11 is 0. The maximum Gasteiger partial charge on any atom is 0.237 e. The van der Waals surface area contributed by atoms with E-state index in [-0.39, 0.29) is 6.04 Å². The topological polar surface area (TPSA) is 47.0 Å². The second kappa shape index (κ2) is 6.73. The highest BCUT2D eigenvalue weighted by atomic mass is 16.5. The molecule has 21 heavy (non-hydrogen) atoms. The van der Waals surface area contributed by atoms with Gasteiger partial charge in [-0.1, -0.05) is 25.7 Å². The van der Waals surface area contributed by atoms with E-state index in [1.807, 2.05) is 7.05 Å². The molecule has 2 aliphatic rings. The number of nitrogens with zero attached hydrogens (tertiary/aromatic N) is 2. The molecule has 4 atom stereocenters. The molecule has 0 amide bonds. The molecule has 2 fully saturated rings. The minimum Gasteiger partial charge on any atom is -0.480 e. The van der Waals surface area contributed by atoms with Crippen molar-refractivity contribution < 1.29 is 4.74 Å². The van der Waals surface area contributed by atoms with Crippen LogP contribution in [-0.4, -0.2) is 24.1 Å². The van der Waals surface area contributed by atoms with Crippen LogP contribution in [0, 0.1) is 17.8 Å². The van der Waals surface area contributed by atoms with Gasteiger partial charge in [0.15, 0.2) is 0 Å². The minimum atomic E-state index is 0.261. The van der Waals surface area contributed by atoms with Crippen molar-refractivity contribution in [1.82, 2.24) is 15.3 Å². The van der Waals surface area contributed by atoms with E-state index < -0.39 is 0 Å². The molecule has 4 unspecified atom stereocenters. The molecule has 4 nitrogen and oxygen atoms in total. The summed E-state index contributed by atoms with van der Waals surface area (Å²) in [5, 5.41) is 3.48. The monoisotopic (exact) mass is 289 g/mol. The number of methoxy groups -OCH3 is 1. The second-order valence-corrected chi connectivity index (χ2v) is 6.59. The summed E-state index contributed by atoms with van der Waals surface area (Å²) in [5.41, 5.74) is 0.974. The average molecular weight is 289 g/mol. The molecular formula is C17H27N3O. The molecular weight excluding hydrogens is 262 g/mol. The first kappa shape index (κ1) is 14.8. The molecule has 2 saturated carbocycles. The Morgan fingerprint density at radius 3 is 2.62 bits per heavy atom. The van der Waals surface area contributed by atoms with Crippen LogP contribution < -0.4 is 10.1 Å². The maximum atomic E-state index is 5.41.